The van der Waals surface area contributed by atoms with Crippen molar-refractivity contribution in [3.63, 3.8) is 0 Å². The molecule has 0 saturated heterocycles. The minimum atomic E-state index is -0.480. The highest BCUT2D eigenvalue weighted by Gasteiger charge is 2.46. The van der Waals surface area contributed by atoms with Gasteiger partial charge in [0.1, 0.15) is 11.2 Å². The quantitative estimate of drug-likeness (QED) is 0.158. The predicted molar refractivity (Wildman–Crippen MR) is 307 cm³/mol. The third kappa shape index (κ3) is 6.16. The van der Waals surface area contributed by atoms with Gasteiger partial charge in [-0.15, -0.1) is 11.3 Å². The molecule has 3 heteroatoms. The van der Waals surface area contributed by atoms with E-state index >= 15 is 0 Å². The lowest BCUT2D eigenvalue weighted by molar-refractivity contribution is 0.660. The molecule has 0 spiro atoms. The van der Waals surface area contributed by atoms with Crippen LogP contribution < -0.4 is 4.90 Å². The molecule has 0 fully saturated rings. The van der Waals surface area contributed by atoms with Crippen LogP contribution >= 0.6 is 11.3 Å². The Morgan fingerprint density at radius 2 is 0.904 bits per heavy atom. The van der Waals surface area contributed by atoms with Crippen LogP contribution in [-0.4, -0.2) is 0 Å². The molecule has 2 aliphatic rings. The summed E-state index contributed by atoms with van der Waals surface area (Å²) in [6.07, 6.45) is 0. The first kappa shape index (κ1) is 42.0. The second-order valence-corrected chi connectivity index (χ2v) is 21.4. The number of benzene rings is 11. The molecule has 0 bridgehead atoms. The Balaban J connectivity index is 0.886. The summed E-state index contributed by atoms with van der Waals surface area (Å²) in [6, 6.07) is 92.3. The Kier molecular flexibility index (Phi) is 9.12. The highest BCUT2D eigenvalue weighted by molar-refractivity contribution is 7.25. The number of hydrogen-bond donors (Lipinski definition) is 0. The summed E-state index contributed by atoms with van der Waals surface area (Å²) in [5.41, 5.74) is 21.9. The lowest BCUT2D eigenvalue weighted by Crippen LogP contribution is -2.28. The van der Waals surface area contributed by atoms with Crippen molar-refractivity contribution in [3.8, 4) is 44.5 Å². The van der Waals surface area contributed by atoms with Gasteiger partial charge in [-0.2, -0.15) is 0 Å². The molecule has 13 aromatic rings. The van der Waals surface area contributed by atoms with Crippen molar-refractivity contribution in [1.82, 2.24) is 0 Å². The van der Waals surface area contributed by atoms with Crippen LogP contribution in [0.5, 0.6) is 0 Å². The van der Waals surface area contributed by atoms with Gasteiger partial charge in [0.05, 0.1) is 5.41 Å². The number of nitrogens with zero attached hydrogens (tertiary/aromatic N) is 1. The highest BCUT2D eigenvalue weighted by atomic mass is 32.1. The van der Waals surface area contributed by atoms with Gasteiger partial charge in [-0.25, -0.2) is 0 Å². The SMILES string of the molecule is CC1(C)c2cc(-c3cccc4c3oc3ccccc34)ccc2-c2ccc(N(c3ccc(-c4ccc5sc6ccccc6c5c4)cc3)c3ccc4c(c3)-c3ccccc3C4(c3ccccc3)c3ccccc3)cc21. The van der Waals surface area contributed by atoms with Crippen LogP contribution in [0, 0.1) is 0 Å². The summed E-state index contributed by atoms with van der Waals surface area (Å²) in [4.78, 5) is 2.47. The number of rotatable bonds is 7. The van der Waals surface area contributed by atoms with E-state index < -0.39 is 5.41 Å². The zero-order valence-corrected chi connectivity index (χ0v) is 41.3. The first-order valence-electron chi connectivity index (χ1n) is 25.3. The summed E-state index contributed by atoms with van der Waals surface area (Å²) in [6.45, 7) is 4.78. The highest BCUT2D eigenvalue weighted by Crippen LogP contribution is 2.58. The molecule has 2 nitrogen and oxygen atoms in total. The standard InChI is InChI=1S/C70H47NOS/c1-69(2)63-41-46(52-23-15-24-58-56-21-10-13-26-65(56)72-68(52)58)30-36-54(63)55-37-34-51(43-64(55)69)71(49-32-28-44(29-33-49)45-31-39-67-60(40-45)57-22-11-14-27-66(57)73-67)50-35-38-62-59(42-50)53-20-9-12-25-61(53)70(62,47-16-5-3-6-17-47)48-18-7-4-8-19-48/h3-43H,1-2H3. The summed E-state index contributed by atoms with van der Waals surface area (Å²) in [5, 5.41) is 4.92. The molecule has 344 valence electrons. The molecular weight excluding hydrogens is 903 g/mol. The van der Waals surface area contributed by atoms with E-state index in [0.29, 0.717) is 0 Å². The molecule has 0 atom stereocenters. The minimum Gasteiger partial charge on any atom is -0.455 e. The minimum absolute atomic E-state index is 0.277. The van der Waals surface area contributed by atoms with E-state index in [0.717, 1.165) is 50.1 Å². The summed E-state index contributed by atoms with van der Waals surface area (Å²) < 4.78 is 9.20. The Labute approximate surface area is 428 Å². The molecule has 0 unspecified atom stereocenters. The van der Waals surface area contributed by atoms with Gasteiger partial charge in [-0.3, -0.25) is 0 Å². The monoisotopic (exact) mass is 949 g/mol. The first-order valence-corrected chi connectivity index (χ1v) is 26.1. The second-order valence-electron chi connectivity index (χ2n) is 20.3. The molecule has 2 heterocycles. The van der Waals surface area contributed by atoms with E-state index in [1.807, 2.05) is 17.4 Å². The van der Waals surface area contributed by atoms with Gasteiger partial charge in [0.2, 0.25) is 0 Å². The van der Waals surface area contributed by atoms with Gasteiger partial charge in [-0.05, 0) is 139 Å². The largest absolute Gasteiger partial charge is 0.455 e. The molecule has 0 amide bonds. The normalized spacial score (nSPS) is 13.8. The number of para-hydroxylation sites is 2. The molecule has 73 heavy (non-hydrogen) atoms. The lowest BCUT2D eigenvalue weighted by Gasteiger charge is -2.34. The van der Waals surface area contributed by atoms with Crippen molar-refractivity contribution in [2.45, 2.75) is 24.7 Å². The van der Waals surface area contributed by atoms with Gasteiger partial charge >= 0.3 is 0 Å². The molecule has 11 aromatic carbocycles. The zero-order chi connectivity index (χ0) is 48.4. The van der Waals surface area contributed by atoms with Crippen molar-refractivity contribution < 1.29 is 4.42 Å². The maximum absolute atomic E-state index is 6.56. The van der Waals surface area contributed by atoms with E-state index in [1.165, 1.54) is 86.9 Å². The summed E-state index contributed by atoms with van der Waals surface area (Å²) in [5.74, 6) is 0. The van der Waals surface area contributed by atoms with Crippen LogP contribution in [0.2, 0.25) is 0 Å². The number of fused-ring (bicyclic) bond motifs is 12. The third-order valence-corrected chi connectivity index (χ3v) is 17.3. The van der Waals surface area contributed by atoms with Crippen molar-refractivity contribution in [2.75, 3.05) is 4.90 Å². The van der Waals surface area contributed by atoms with Crippen molar-refractivity contribution >= 4 is 70.5 Å². The first-order chi connectivity index (χ1) is 35.9. The average molecular weight is 950 g/mol. The Morgan fingerprint density at radius 1 is 0.342 bits per heavy atom. The number of thiophene rings is 1. The van der Waals surface area contributed by atoms with E-state index in [1.54, 1.807) is 0 Å². The van der Waals surface area contributed by atoms with Gasteiger partial charge in [0.25, 0.3) is 0 Å². The molecule has 0 N–H and O–H groups in total. The van der Waals surface area contributed by atoms with Crippen LogP contribution in [0.4, 0.5) is 17.1 Å². The van der Waals surface area contributed by atoms with Gasteiger partial charge < -0.3 is 9.32 Å². The number of anilines is 3. The Hall–Kier alpha value is -8.76. The van der Waals surface area contributed by atoms with Crippen LogP contribution in [0.1, 0.15) is 47.2 Å². The zero-order valence-electron chi connectivity index (χ0n) is 40.4. The maximum atomic E-state index is 6.56. The van der Waals surface area contributed by atoms with E-state index in [-0.39, 0.29) is 5.41 Å². The molecule has 0 radical (unpaired) electrons. The number of furan rings is 1. The predicted octanol–water partition coefficient (Wildman–Crippen LogP) is 19.4. The second kappa shape index (κ2) is 15.9. The fourth-order valence-electron chi connectivity index (χ4n) is 12.7. The van der Waals surface area contributed by atoms with Crippen LogP contribution in [0.3, 0.4) is 0 Å². The van der Waals surface area contributed by atoms with Crippen molar-refractivity contribution in [3.05, 3.63) is 282 Å². The summed E-state index contributed by atoms with van der Waals surface area (Å²) in [7, 11) is 0. The maximum Gasteiger partial charge on any atom is 0.143 e. The fourth-order valence-corrected chi connectivity index (χ4v) is 13.8. The third-order valence-electron chi connectivity index (χ3n) is 16.2. The molecule has 15 rings (SSSR count). The fraction of sp³-hybridized carbons (Fsp3) is 0.0571. The smallest absolute Gasteiger partial charge is 0.143 e. The molecule has 2 aromatic heterocycles. The topological polar surface area (TPSA) is 16.4 Å². The van der Waals surface area contributed by atoms with Crippen molar-refractivity contribution in [2.24, 2.45) is 0 Å². The van der Waals surface area contributed by atoms with Gasteiger partial charge in [0, 0.05) is 59.0 Å². The van der Waals surface area contributed by atoms with Crippen LogP contribution in [0.25, 0.3) is 86.6 Å². The van der Waals surface area contributed by atoms with Gasteiger partial charge in [0.15, 0.2) is 0 Å². The lowest BCUT2D eigenvalue weighted by atomic mass is 9.68. The Bertz CT molecular complexity index is 4310. The summed E-state index contributed by atoms with van der Waals surface area (Å²) >= 11 is 1.86. The van der Waals surface area contributed by atoms with E-state index in [9.17, 15) is 0 Å². The van der Waals surface area contributed by atoms with Crippen LogP contribution in [-0.2, 0) is 10.8 Å². The molecule has 0 saturated carbocycles. The van der Waals surface area contributed by atoms with E-state index in [2.05, 4.69) is 261 Å². The number of hydrogen-bond acceptors (Lipinski definition) is 3. The van der Waals surface area contributed by atoms with E-state index in [4.69, 9.17) is 4.42 Å². The average Bonchev–Trinajstić information content (AvgIpc) is 4.17. The van der Waals surface area contributed by atoms with Crippen LogP contribution in [0.15, 0.2) is 253 Å². The Morgan fingerprint density at radius 3 is 1.71 bits per heavy atom. The van der Waals surface area contributed by atoms with Crippen molar-refractivity contribution in [1.29, 1.82) is 0 Å². The molecular formula is C70H47NOS. The molecule has 0 aliphatic heterocycles. The molecule has 2 aliphatic carbocycles. The van der Waals surface area contributed by atoms with Gasteiger partial charge in [-0.1, -0.05) is 196 Å².